The average Bonchev–Trinajstić information content (AvgIpc) is 2.38. The quantitative estimate of drug-likeness (QED) is 0.815. The maximum absolute atomic E-state index is 12.2. The van der Waals surface area contributed by atoms with Crippen LogP contribution in [-0.4, -0.2) is 43.1 Å². The number of aliphatic hydroxyl groups is 1. The average molecular weight is 346 g/mol. The summed E-state index contributed by atoms with van der Waals surface area (Å²) in [6.45, 7) is 6.93. The van der Waals surface area contributed by atoms with E-state index in [-0.39, 0.29) is 36.8 Å². The normalized spacial score (nSPS) is 32.2. The number of carbonyl (C=O) groups is 1. The molecular weight excluding hydrogens is 314 g/mol. The first kappa shape index (κ1) is 18.7. The monoisotopic (exact) mass is 345 g/mol. The number of rotatable bonds is 4. The van der Waals surface area contributed by atoms with Gasteiger partial charge in [-0.25, -0.2) is 8.42 Å². The highest BCUT2D eigenvalue weighted by Crippen LogP contribution is 2.42. The Morgan fingerprint density at radius 2 is 1.83 bits per heavy atom. The van der Waals surface area contributed by atoms with Crippen LogP contribution in [-0.2, 0) is 14.6 Å². The van der Waals surface area contributed by atoms with Crippen molar-refractivity contribution in [2.24, 2.45) is 17.3 Å². The molecule has 2 aliphatic rings. The van der Waals surface area contributed by atoms with Gasteiger partial charge in [0, 0.05) is 13.0 Å². The topological polar surface area (TPSA) is 83.5 Å². The second-order valence-electron chi connectivity index (χ2n) is 8.64. The predicted octanol–water partition coefficient (Wildman–Crippen LogP) is 1.89. The summed E-state index contributed by atoms with van der Waals surface area (Å²) >= 11 is 0. The molecule has 0 aromatic carbocycles. The van der Waals surface area contributed by atoms with Crippen LogP contribution in [0.15, 0.2) is 0 Å². The summed E-state index contributed by atoms with van der Waals surface area (Å²) in [5, 5.41) is 13.2. The summed E-state index contributed by atoms with van der Waals surface area (Å²) in [6.07, 6.45) is 4.28. The van der Waals surface area contributed by atoms with Gasteiger partial charge in [0.05, 0.1) is 17.1 Å². The van der Waals surface area contributed by atoms with E-state index in [1.807, 2.05) is 0 Å². The van der Waals surface area contributed by atoms with Crippen molar-refractivity contribution in [2.45, 2.75) is 64.9 Å². The van der Waals surface area contributed by atoms with Crippen LogP contribution in [0.5, 0.6) is 0 Å². The maximum atomic E-state index is 12.2. The van der Waals surface area contributed by atoms with Gasteiger partial charge < -0.3 is 10.4 Å². The van der Waals surface area contributed by atoms with Gasteiger partial charge in [0.15, 0.2) is 9.84 Å². The fourth-order valence-corrected chi connectivity index (χ4v) is 5.98. The van der Waals surface area contributed by atoms with Crippen LogP contribution in [0.25, 0.3) is 0 Å². The molecule has 1 aliphatic carbocycles. The van der Waals surface area contributed by atoms with E-state index in [1.165, 1.54) is 6.42 Å². The second kappa shape index (κ2) is 6.71. The highest BCUT2D eigenvalue weighted by molar-refractivity contribution is 7.91. The van der Waals surface area contributed by atoms with Gasteiger partial charge in [-0.2, -0.15) is 0 Å². The molecule has 0 aromatic heterocycles. The van der Waals surface area contributed by atoms with Crippen molar-refractivity contribution in [1.29, 1.82) is 0 Å². The van der Waals surface area contributed by atoms with Crippen molar-refractivity contribution in [3.8, 4) is 0 Å². The standard InChI is InChI=1S/C17H31NO4S/c1-13-8-14(11-16(2,3)10-13)9-15(19)18-12-17(20)4-6-23(21,22)7-5-17/h13-14,20H,4-12H2,1-3H3,(H,18,19)/t13-,14+/m0/s1. The third kappa shape index (κ3) is 5.75. The Bertz CT molecular complexity index is 527. The number of amides is 1. The molecule has 1 heterocycles. The lowest BCUT2D eigenvalue weighted by molar-refractivity contribution is -0.124. The van der Waals surface area contributed by atoms with E-state index in [0.29, 0.717) is 23.7 Å². The van der Waals surface area contributed by atoms with Crippen LogP contribution in [0.1, 0.15) is 59.3 Å². The van der Waals surface area contributed by atoms with Crippen molar-refractivity contribution in [3.05, 3.63) is 0 Å². The number of nitrogens with one attached hydrogen (secondary N) is 1. The molecule has 2 fully saturated rings. The highest BCUT2D eigenvalue weighted by atomic mass is 32.2. The molecule has 5 nitrogen and oxygen atoms in total. The maximum Gasteiger partial charge on any atom is 0.220 e. The minimum atomic E-state index is -3.01. The van der Waals surface area contributed by atoms with Gasteiger partial charge in [-0.05, 0) is 49.4 Å². The van der Waals surface area contributed by atoms with Crippen LogP contribution < -0.4 is 5.32 Å². The number of hydrogen-bond donors (Lipinski definition) is 2. The van der Waals surface area contributed by atoms with Crippen LogP contribution in [0.2, 0.25) is 0 Å². The van der Waals surface area contributed by atoms with Gasteiger partial charge in [0.1, 0.15) is 0 Å². The Kier molecular flexibility index (Phi) is 5.46. The smallest absolute Gasteiger partial charge is 0.220 e. The minimum Gasteiger partial charge on any atom is -0.388 e. The van der Waals surface area contributed by atoms with Crippen molar-refractivity contribution in [3.63, 3.8) is 0 Å². The zero-order valence-electron chi connectivity index (χ0n) is 14.6. The van der Waals surface area contributed by atoms with Crippen LogP contribution in [0.4, 0.5) is 0 Å². The van der Waals surface area contributed by atoms with Gasteiger partial charge in [-0.1, -0.05) is 20.8 Å². The Hall–Kier alpha value is -0.620. The molecular formula is C17H31NO4S. The molecule has 0 aromatic rings. The Morgan fingerprint density at radius 3 is 2.39 bits per heavy atom. The first-order valence-corrected chi connectivity index (χ1v) is 10.5. The van der Waals surface area contributed by atoms with Gasteiger partial charge in [-0.15, -0.1) is 0 Å². The molecule has 1 aliphatic heterocycles. The Morgan fingerprint density at radius 1 is 1.22 bits per heavy atom. The zero-order chi connectivity index (χ0) is 17.3. The zero-order valence-corrected chi connectivity index (χ0v) is 15.4. The molecule has 134 valence electrons. The lowest BCUT2D eigenvalue weighted by Gasteiger charge is -2.39. The largest absolute Gasteiger partial charge is 0.388 e. The molecule has 0 unspecified atom stereocenters. The molecule has 2 N–H and O–H groups in total. The van der Waals surface area contributed by atoms with Crippen molar-refractivity contribution in [1.82, 2.24) is 5.32 Å². The van der Waals surface area contributed by atoms with Crippen LogP contribution >= 0.6 is 0 Å². The minimum absolute atomic E-state index is 0.00764. The SMILES string of the molecule is C[C@H]1C[C@H](CC(=O)NCC2(O)CCS(=O)(=O)CC2)CC(C)(C)C1. The third-order valence-corrected chi connectivity index (χ3v) is 6.98. The van der Waals surface area contributed by atoms with Crippen molar-refractivity contribution in [2.75, 3.05) is 18.1 Å². The first-order valence-electron chi connectivity index (χ1n) is 8.68. The molecule has 0 bridgehead atoms. The summed E-state index contributed by atoms with van der Waals surface area (Å²) < 4.78 is 22.9. The summed E-state index contributed by atoms with van der Waals surface area (Å²) in [5.74, 6) is 1.03. The fourth-order valence-electron chi connectivity index (χ4n) is 4.39. The lowest BCUT2D eigenvalue weighted by Crippen LogP contribution is -2.48. The molecule has 0 radical (unpaired) electrons. The van der Waals surface area contributed by atoms with Gasteiger partial charge in [0.2, 0.25) is 5.91 Å². The lowest BCUT2D eigenvalue weighted by atomic mass is 9.67. The summed E-state index contributed by atoms with van der Waals surface area (Å²) in [7, 11) is -3.01. The van der Waals surface area contributed by atoms with E-state index >= 15 is 0 Å². The van der Waals surface area contributed by atoms with E-state index in [0.717, 1.165) is 12.8 Å². The molecule has 2 atom stereocenters. The van der Waals surface area contributed by atoms with Crippen molar-refractivity contribution < 1.29 is 18.3 Å². The van der Waals surface area contributed by atoms with Crippen LogP contribution in [0.3, 0.4) is 0 Å². The van der Waals surface area contributed by atoms with Gasteiger partial charge >= 0.3 is 0 Å². The van der Waals surface area contributed by atoms with E-state index in [1.54, 1.807) is 0 Å². The first-order chi connectivity index (χ1) is 10.5. The molecule has 23 heavy (non-hydrogen) atoms. The molecule has 6 heteroatoms. The third-order valence-electron chi connectivity index (χ3n) is 5.32. The summed E-state index contributed by atoms with van der Waals surface area (Å²) in [5.41, 5.74) is -0.779. The van der Waals surface area contributed by atoms with Gasteiger partial charge in [0.25, 0.3) is 0 Å². The van der Waals surface area contributed by atoms with Crippen LogP contribution in [0, 0.1) is 17.3 Å². The summed E-state index contributed by atoms with van der Waals surface area (Å²) in [4.78, 5) is 12.2. The second-order valence-corrected chi connectivity index (χ2v) is 10.9. The van der Waals surface area contributed by atoms with E-state index in [9.17, 15) is 18.3 Å². The predicted molar refractivity (Wildman–Crippen MR) is 90.8 cm³/mol. The highest BCUT2D eigenvalue weighted by Gasteiger charge is 2.36. The molecule has 1 amide bonds. The number of hydrogen-bond acceptors (Lipinski definition) is 4. The number of sulfone groups is 1. The molecule has 1 saturated carbocycles. The number of carbonyl (C=O) groups excluding carboxylic acids is 1. The Balaban J connectivity index is 1.79. The van der Waals surface area contributed by atoms with E-state index in [4.69, 9.17) is 0 Å². The fraction of sp³-hybridized carbons (Fsp3) is 0.941. The summed E-state index contributed by atoms with van der Waals surface area (Å²) in [6, 6.07) is 0. The van der Waals surface area contributed by atoms with E-state index in [2.05, 4.69) is 26.1 Å². The van der Waals surface area contributed by atoms with Crippen molar-refractivity contribution >= 4 is 15.7 Å². The molecule has 0 spiro atoms. The van der Waals surface area contributed by atoms with E-state index < -0.39 is 15.4 Å². The Labute approximate surface area is 140 Å². The molecule has 1 saturated heterocycles. The van der Waals surface area contributed by atoms with Gasteiger partial charge in [-0.3, -0.25) is 4.79 Å². The molecule has 2 rings (SSSR count).